The number of hydrogen-bond acceptors (Lipinski definition) is 7. The minimum atomic E-state index is -0.630. The van der Waals surface area contributed by atoms with E-state index in [-0.39, 0.29) is 23.1 Å². The Bertz CT molecular complexity index is 1380. The van der Waals surface area contributed by atoms with Crippen LogP contribution in [0.4, 0.5) is 10.3 Å². The van der Waals surface area contributed by atoms with Crippen molar-refractivity contribution in [2.45, 2.75) is 24.9 Å². The molecule has 3 aliphatic rings. The number of anilines is 1. The molecule has 186 valence electrons. The number of allylic oxidation sites excluding steroid dienone is 2. The van der Waals surface area contributed by atoms with E-state index in [4.69, 9.17) is 4.98 Å². The Kier molecular flexibility index (Phi) is 6.22. The summed E-state index contributed by atoms with van der Waals surface area (Å²) in [6, 6.07) is 6.86. The SMILES string of the molecule is CN(C)C1CCN(c2nc(-c3ccc(C#N)c(F)c3)c(C3=CC4C=NN(C)C4C=C3)c(=O)n2C)CC1. The predicted octanol–water partition coefficient (Wildman–Crippen LogP) is 2.86. The molecule has 0 spiro atoms. The number of hydrogen-bond donors (Lipinski definition) is 0. The van der Waals surface area contributed by atoms with Crippen LogP contribution in [0.5, 0.6) is 0 Å². The summed E-state index contributed by atoms with van der Waals surface area (Å²) in [5, 5.41) is 15.5. The smallest absolute Gasteiger partial charge is 0.263 e. The zero-order chi connectivity index (χ0) is 25.6. The Morgan fingerprint density at radius 2 is 1.94 bits per heavy atom. The van der Waals surface area contributed by atoms with Crippen LogP contribution in [0, 0.1) is 23.1 Å². The highest BCUT2D eigenvalue weighted by Crippen LogP contribution is 2.34. The lowest BCUT2D eigenvalue weighted by molar-refractivity contribution is 0.248. The lowest BCUT2D eigenvalue weighted by Gasteiger charge is -2.36. The highest BCUT2D eigenvalue weighted by Gasteiger charge is 2.31. The number of rotatable bonds is 4. The van der Waals surface area contributed by atoms with Crippen LogP contribution in [0.1, 0.15) is 24.0 Å². The van der Waals surface area contributed by atoms with E-state index in [1.807, 2.05) is 42.6 Å². The van der Waals surface area contributed by atoms with Crippen molar-refractivity contribution in [2.24, 2.45) is 18.1 Å². The average molecular weight is 488 g/mol. The van der Waals surface area contributed by atoms with Crippen molar-refractivity contribution in [2.75, 3.05) is 39.1 Å². The number of halogens is 1. The summed E-state index contributed by atoms with van der Waals surface area (Å²) in [7, 11) is 7.84. The van der Waals surface area contributed by atoms with E-state index in [9.17, 15) is 14.4 Å². The Labute approximate surface area is 210 Å². The average Bonchev–Trinajstić information content (AvgIpc) is 3.25. The third-order valence-electron chi connectivity index (χ3n) is 7.49. The number of hydrazone groups is 1. The summed E-state index contributed by atoms with van der Waals surface area (Å²) in [5.74, 6) is -0.0225. The van der Waals surface area contributed by atoms with E-state index < -0.39 is 5.82 Å². The van der Waals surface area contributed by atoms with Gasteiger partial charge in [-0.1, -0.05) is 24.3 Å². The van der Waals surface area contributed by atoms with Gasteiger partial charge in [0.25, 0.3) is 5.56 Å². The van der Waals surface area contributed by atoms with Gasteiger partial charge < -0.3 is 9.80 Å². The summed E-state index contributed by atoms with van der Waals surface area (Å²) in [6.45, 7) is 1.55. The van der Waals surface area contributed by atoms with Gasteiger partial charge in [0.15, 0.2) is 0 Å². The first-order chi connectivity index (χ1) is 17.3. The Hall–Kier alpha value is -3.77. The molecule has 3 heterocycles. The molecule has 2 unspecified atom stereocenters. The maximum atomic E-state index is 14.7. The molecule has 0 bridgehead atoms. The minimum Gasteiger partial charge on any atom is -0.342 e. The van der Waals surface area contributed by atoms with Gasteiger partial charge in [0.2, 0.25) is 5.95 Å². The maximum absolute atomic E-state index is 14.7. The summed E-state index contributed by atoms with van der Waals surface area (Å²) in [6.07, 6.45) is 9.80. The molecule has 2 aromatic rings. The standard InChI is InChI=1S/C27H30FN7O/c1-32(2)21-9-11-35(12-10-21)27-31-25(18-5-6-19(15-29)22(28)14-18)24(26(36)33(27)3)17-7-8-23-20(13-17)16-30-34(23)4/h5-8,13-14,16,20-21,23H,9-12H2,1-4H3. The largest absolute Gasteiger partial charge is 0.342 e. The maximum Gasteiger partial charge on any atom is 0.263 e. The van der Waals surface area contributed by atoms with Crippen LogP contribution in [-0.2, 0) is 7.05 Å². The van der Waals surface area contributed by atoms with Gasteiger partial charge in [0, 0.05) is 50.9 Å². The number of aromatic nitrogens is 2. The van der Waals surface area contributed by atoms with Crippen molar-refractivity contribution in [1.82, 2.24) is 19.5 Å². The summed E-state index contributed by atoms with van der Waals surface area (Å²) >= 11 is 0. The van der Waals surface area contributed by atoms with Crippen molar-refractivity contribution in [1.29, 1.82) is 5.26 Å². The van der Waals surface area contributed by atoms with E-state index >= 15 is 0 Å². The van der Waals surface area contributed by atoms with Gasteiger partial charge in [-0.3, -0.25) is 14.4 Å². The Morgan fingerprint density at radius 1 is 1.19 bits per heavy atom. The molecule has 0 radical (unpaired) electrons. The molecule has 0 N–H and O–H groups in total. The first-order valence-electron chi connectivity index (χ1n) is 12.2. The number of piperidine rings is 1. The van der Waals surface area contributed by atoms with Crippen LogP contribution in [0.25, 0.3) is 16.8 Å². The molecule has 1 fully saturated rings. The third kappa shape index (κ3) is 4.11. The van der Waals surface area contributed by atoms with Gasteiger partial charge in [0.1, 0.15) is 11.9 Å². The van der Waals surface area contributed by atoms with Crippen LogP contribution in [-0.4, -0.2) is 72.0 Å². The number of benzene rings is 1. The molecule has 1 saturated heterocycles. The normalized spacial score (nSPS) is 21.6. The van der Waals surface area contributed by atoms with Gasteiger partial charge in [-0.25, -0.2) is 9.37 Å². The molecular weight excluding hydrogens is 457 g/mol. The molecule has 1 aromatic carbocycles. The van der Waals surface area contributed by atoms with Crippen molar-refractivity contribution in [3.8, 4) is 17.3 Å². The lowest BCUT2D eigenvalue weighted by Crippen LogP contribution is -2.44. The minimum absolute atomic E-state index is 0.0370. The van der Waals surface area contributed by atoms with Crippen molar-refractivity contribution in [3.05, 3.63) is 63.7 Å². The molecule has 2 atom stereocenters. The molecule has 1 aliphatic carbocycles. The Balaban J connectivity index is 1.64. The summed E-state index contributed by atoms with van der Waals surface area (Å²) < 4.78 is 16.3. The van der Waals surface area contributed by atoms with Gasteiger partial charge >= 0.3 is 0 Å². The first-order valence-corrected chi connectivity index (χ1v) is 12.2. The highest BCUT2D eigenvalue weighted by atomic mass is 19.1. The Morgan fingerprint density at radius 3 is 2.61 bits per heavy atom. The van der Waals surface area contributed by atoms with Gasteiger partial charge in [0.05, 0.1) is 22.9 Å². The summed E-state index contributed by atoms with van der Waals surface area (Å²) in [4.78, 5) is 23.2. The fourth-order valence-electron chi connectivity index (χ4n) is 5.30. The lowest BCUT2D eigenvalue weighted by atomic mass is 9.88. The highest BCUT2D eigenvalue weighted by molar-refractivity contribution is 5.87. The van der Waals surface area contributed by atoms with Gasteiger partial charge in [-0.2, -0.15) is 10.4 Å². The van der Waals surface area contributed by atoms with Crippen LogP contribution in [0.15, 0.2) is 46.3 Å². The predicted molar refractivity (Wildman–Crippen MR) is 139 cm³/mol. The molecule has 9 heteroatoms. The zero-order valence-corrected chi connectivity index (χ0v) is 21.0. The van der Waals surface area contributed by atoms with Gasteiger partial charge in [-0.15, -0.1) is 0 Å². The van der Waals surface area contributed by atoms with Crippen LogP contribution in [0.2, 0.25) is 0 Å². The molecule has 8 nitrogen and oxygen atoms in total. The topological polar surface area (TPSA) is 80.8 Å². The number of nitrogens with zero attached hydrogens (tertiary/aromatic N) is 7. The van der Waals surface area contributed by atoms with Crippen molar-refractivity contribution >= 4 is 17.7 Å². The fourth-order valence-corrected chi connectivity index (χ4v) is 5.30. The monoisotopic (exact) mass is 487 g/mol. The molecule has 0 saturated carbocycles. The fraction of sp³-hybridized carbons (Fsp3) is 0.407. The third-order valence-corrected chi connectivity index (χ3v) is 7.49. The number of likely N-dealkylation sites (N-methyl/N-ethyl adjacent to an activating group) is 1. The van der Waals surface area contributed by atoms with Crippen molar-refractivity contribution < 1.29 is 4.39 Å². The second kappa shape index (κ2) is 9.36. The zero-order valence-electron chi connectivity index (χ0n) is 21.0. The van der Waals surface area contributed by atoms with E-state index in [1.54, 1.807) is 17.7 Å². The summed E-state index contributed by atoms with van der Waals surface area (Å²) in [5.41, 5.74) is 1.82. The van der Waals surface area contributed by atoms with Crippen LogP contribution < -0.4 is 10.5 Å². The van der Waals surface area contributed by atoms with E-state index in [2.05, 4.69) is 29.0 Å². The molecular formula is C27H30FN7O. The number of nitriles is 1. The van der Waals surface area contributed by atoms with Crippen molar-refractivity contribution in [3.63, 3.8) is 0 Å². The molecule has 2 aliphatic heterocycles. The molecule has 0 amide bonds. The quantitative estimate of drug-likeness (QED) is 0.660. The number of fused-ring (bicyclic) bond motifs is 1. The van der Waals surface area contributed by atoms with E-state index in [1.165, 1.54) is 12.1 Å². The van der Waals surface area contributed by atoms with Gasteiger partial charge in [-0.05, 0) is 44.6 Å². The molecule has 36 heavy (non-hydrogen) atoms. The second-order valence-corrected chi connectivity index (χ2v) is 9.88. The van der Waals surface area contributed by atoms with Crippen LogP contribution in [0.3, 0.4) is 0 Å². The first kappa shape index (κ1) is 23.9. The molecule has 5 rings (SSSR count). The molecule has 1 aromatic heterocycles. The van der Waals surface area contributed by atoms with Crippen LogP contribution >= 0.6 is 0 Å². The second-order valence-electron chi connectivity index (χ2n) is 9.88. The van der Waals surface area contributed by atoms with E-state index in [0.29, 0.717) is 28.8 Å². The van der Waals surface area contributed by atoms with E-state index in [0.717, 1.165) is 31.5 Å².